The standard InChI is InChI=1S/C16H19ClN2O2S/c1-9-5-14(6-10(2)15(9)17)21-11(3)16(20)18-7-13-8-22-12(4)19-13/h5-6,8,11H,7H2,1-4H3,(H,18,20)/t11-/m1/s1. The Morgan fingerprint density at radius 3 is 2.55 bits per heavy atom. The van der Waals surface area contributed by atoms with E-state index in [1.807, 2.05) is 38.3 Å². The number of aromatic nitrogens is 1. The van der Waals surface area contributed by atoms with Crippen LogP contribution < -0.4 is 10.1 Å². The van der Waals surface area contributed by atoms with Crippen molar-refractivity contribution in [2.75, 3.05) is 0 Å². The Labute approximate surface area is 139 Å². The van der Waals surface area contributed by atoms with E-state index in [4.69, 9.17) is 16.3 Å². The van der Waals surface area contributed by atoms with Crippen LogP contribution in [-0.2, 0) is 11.3 Å². The molecule has 0 bridgehead atoms. The zero-order valence-corrected chi connectivity index (χ0v) is 14.6. The minimum Gasteiger partial charge on any atom is -0.481 e. The first-order valence-corrected chi connectivity index (χ1v) is 8.24. The van der Waals surface area contributed by atoms with Crippen LogP contribution in [0.15, 0.2) is 17.5 Å². The van der Waals surface area contributed by atoms with Crippen LogP contribution in [0.4, 0.5) is 0 Å². The van der Waals surface area contributed by atoms with Crippen molar-refractivity contribution >= 4 is 28.8 Å². The fourth-order valence-electron chi connectivity index (χ4n) is 2.04. The quantitative estimate of drug-likeness (QED) is 0.902. The molecule has 1 N–H and O–H groups in total. The molecule has 1 amide bonds. The zero-order chi connectivity index (χ0) is 16.3. The highest BCUT2D eigenvalue weighted by Gasteiger charge is 2.15. The average Bonchev–Trinajstić information content (AvgIpc) is 2.87. The van der Waals surface area contributed by atoms with Crippen molar-refractivity contribution < 1.29 is 9.53 Å². The van der Waals surface area contributed by atoms with E-state index in [1.54, 1.807) is 18.3 Å². The molecule has 0 unspecified atom stereocenters. The van der Waals surface area contributed by atoms with Crippen molar-refractivity contribution in [3.05, 3.63) is 44.4 Å². The number of ether oxygens (including phenoxy) is 1. The van der Waals surface area contributed by atoms with Crippen molar-refractivity contribution in [2.24, 2.45) is 0 Å². The number of hydrogen-bond acceptors (Lipinski definition) is 4. The SMILES string of the molecule is Cc1nc(CNC(=O)[C@@H](C)Oc2cc(C)c(Cl)c(C)c2)cs1. The second kappa shape index (κ2) is 7.11. The van der Waals surface area contributed by atoms with E-state index in [0.29, 0.717) is 12.3 Å². The molecule has 0 aliphatic heterocycles. The van der Waals surface area contributed by atoms with Gasteiger partial charge in [0.15, 0.2) is 6.10 Å². The van der Waals surface area contributed by atoms with Crippen molar-refractivity contribution in [2.45, 2.75) is 40.3 Å². The molecule has 118 valence electrons. The van der Waals surface area contributed by atoms with Crippen molar-refractivity contribution in [1.29, 1.82) is 0 Å². The number of halogens is 1. The van der Waals surface area contributed by atoms with Gasteiger partial charge in [0, 0.05) is 10.4 Å². The number of nitrogens with zero attached hydrogens (tertiary/aromatic N) is 1. The molecule has 1 heterocycles. The Kier molecular flexibility index (Phi) is 5.42. The van der Waals surface area contributed by atoms with Gasteiger partial charge in [0.2, 0.25) is 0 Å². The normalized spacial score (nSPS) is 12.0. The zero-order valence-electron chi connectivity index (χ0n) is 13.1. The lowest BCUT2D eigenvalue weighted by Crippen LogP contribution is -2.36. The lowest BCUT2D eigenvalue weighted by atomic mass is 10.1. The molecule has 0 aliphatic rings. The van der Waals surface area contributed by atoms with Gasteiger partial charge in [-0.15, -0.1) is 11.3 Å². The van der Waals surface area contributed by atoms with Gasteiger partial charge >= 0.3 is 0 Å². The molecule has 2 rings (SSSR count). The Morgan fingerprint density at radius 2 is 2.00 bits per heavy atom. The molecule has 4 nitrogen and oxygen atoms in total. The summed E-state index contributed by atoms with van der Waals surface area (Å²) < 4.78 is 5.70. The predicted molar refractivity (Wildman–Crippen MR) is 89.7 cm³/mol. The molecular weight excluding hydrogens is 320 g/mol. The van der Waals surface area contributed by atoms with Crippen LogP contribution in [0.5, 0.6) is 5.75 Å². The van der Waals surface area contributed by atoms with Gasteiger partial charge in [-0.3, -0.25) is 4.79 Å². The fraction of sp³-hybridized carbons (Fsp3) is 0.375. The van der Waals surface area contributed by atoms with Gasteiger partial charge in [0.1, 0.15) is 5.75 Å². The van der Waals surface area contributed by atoms with Crippen LogP contribution in [0.2, 0.25) is 5.02 Å². The smallest absolute Gasteiger partial charge is 0.261 e. The van der Waals surface area contributed by atoms with E-state index in [1.165, 1.54) is 0 Å². The Morgan fingerprint density at radius 1 is 1.36 bits per heavy atom. The summed E-state index contributed by atoms with van der Waals surface area (Å²) in [6.45, 7) is 7.90. The fourth-order valence-corrected chi connectivity index (χ4v) is 2.76. The number of thiazole rings is 1. The molecule has 0 saturated carbocycles. The van der Waals surface area contributed by atoms with Crippen molar-refractivity contribution in [3.8, 4) is 5.75 Å². The molecule has 0 saturated heterocycles. The van der Waals surface area contributed by atoms with Crippen molar-refractivity contribution in [1.82, 2.24) is 10.3 Å². The number of nitrogens with one attached hydrogen (secondary N) is 1. The van der Waals surface area contributed by atoms with Crippen LogP contribution in [0, 0.1) is 20.8 Å². The van der Waals surface area contributed by atoms with Gasteiger partial charge in [-0.2, -0.15) is 0 Å². The molecule has 1 aromatic carbocycles. The Balaban J connectivity index is 1.93. The van der Waals surface area contributed by atoms with Gasteiger partial charge in [-0.25, -0.2) is 4.98 Å². The first-order chi connectivity index (χ1) is 10.4. The summed E-state index contributed by atoms with van der Waals surface area (Å²) in [5.41, 5.74) is 2.73. The van der Waals surface area contributed by atoms with E-state index in [0.717, 1.165) is 26.9 Å². The Bertz CT molecular complexity index is 662. The summed E-state index contributed by atoms with van der Waals surface area (Å²) >= 11 is 7.69. The lowest BCUT2D eigenvalue weighted by Gasteiger charge is -2.16. The molecule has 2 aromatic rings. The third-order valence-corrected chi connectivity index (χ3v) is 4.62. The highest BCUT2D eigenvalue weighted by atomic mass is 35.5. The maximum Gasteiger partial charge on any atom is 0.261 e. The minimum atomic E-state index is -0.584. The second-order valence-corrected chi connectivity index (χ2v) is 6.65. The predicted octanol–water partition coefficient (Wildman–Crippen LogP) is 3.81. The molecule has 0 fully saturated rings. The molecular formula is C16H19ClN2O2S. The van der Waals surface area contributed by atoms with E-state index in [-0.39, 0.29) is 5.91 Å². The van der Waals surface area contributed by atoms with E-state index < -0.39 is 6.10 Å². The molecule has 1 aromatic heterocycles. The summed E-state index contributed by atoms with van der Waals surface area (Å²) in [6.07, 6.45) is -0.584. The third-order valence-electron chi connectivity index (χ3n) is 3.20. The third kappa shape index (κ3) is 4.21. The highest BCUT2D eigenvalue weighted by molar-refractivity contribution is 7.09. The average molecular weight is 339 g/mol. The summed E-state index contributed by atoms with van der Waals surface area (Å²) in [7, 11) is 0. The number of carbonyl (C=O) groups is 1. The van der Waals surface area contributed by atoms with Gasteiger partial charge in [-0.1, -0.05) is 11.6 Å². The number of hydrogen-bond donors (Lipinski definition) is 1. The second-order valence-electron chi connectivity index (χ2n) is 5.21. The van der Waals surface area contributed by atoms with Crippen LogP contribution in [0.1, 0.15) is 28.8 Å². The number of aryl methyl sites for hydroxylation is 3. The van der Waals surface area contributed by atoms with Gasteiger partial charge in [0.25, 0.3) is 5.91 Å². The minimum absolute atomic E-state index is 0.170. The first-order valence-electron chi connectivity index (χ1n) is 6.99. The first kappa shape index (κ1) is 16.8. The number of carbonyl (C=O) groups excluding carboxylic acids is 1. The van der Waals surface area contributed by atoms with Crippen LogP contribution in [0.25, 0.3) is 0 Å². The van der Waals surface area contributed by atoms with E-state index >= 15 is 0 Å². The number of benzene rings is 1. The summed E-state index contributed by atoms with van der Waals surface area (Å²) in [5.74, 6) is 0.475. The van der Waals surface area contributed by atoms with Crippen LogP contribution in [0.3, 0.4) is 0 Å². The molecule has 6 heteroatoms. The lowest BCUT2D eigenvalue weighted by molar-refractivity contribution is -0.127. The van der Waals surface area contributed by atoms with Crippen molar-refractivity contribution in [3.63, 3.8) is 0 Å². The molecule has 22 heavy (non-hydrogen) atoms. The van der Waals surface area contributed by atoms with Gasteiger partial charge in [-0.05, 0) is 51.0 Å². The maximum absolute atomic E-state index is 12.1. The van der Waals surface area contributed by atoms with Gasteiger partial charge in [0.05, 0.1) is 17.2 Å². The maximum atomic E-state index is 12.1. The largest absolute Gasteiger partial charge is 0.481 e. The van der Waals surface area contributed by atoms with Gasteiger partial charge < -0.3 is 10.1 Å². The van der Waals surface area contributed by atoms with E-state index in [9.17, 15) is 4.79 Å². The Hall–Kier alpha value is -1.59. The topological polar surface area (TPSA) is 51.2 Å². The summed E-state index contributed by atoms with van der Waals surface area (Å²) in [5, 5.41) is 6.48. The number of rotatable bonds is 5. The molecule has 0 spiro atoms. The molecule has 0 aliphatic carbocycles. The molecule has 0 radical (unpaired) electrons. The monoisotopic (exact) mass is 338 g/mol. The van der Waals surface area contributed by atoms with Crippen LogP contribution >= 0.6 is 22.9 Å². The molecule has 1 atom stereocenters. The number of amides is 1. The van der Waals surface area contributed by atoms with E-state index in [2.05, 4.69) is 10.3 Å². The highest BCUT2D eigenvalue weighted by Crippen LogP contribution is 2.26. The summed E-state index contributed by atoms with van der Waals surface area (Å²) in [4.78, 5) is 16.4. The van der Waals surface area contributed by atoms with Crippen LogP contribution in [-0.4, -0.2) is 17.0 Å². The summed E-state index contributed by atoms with van der Waals surface area (Å²) in [6, 6.07) is 3.67.